The van der Waals surface area contributed by atoms with Crippen LogP contribution in [0.2, 0.25) is 0 Å². The second-order valence-electron chi connectivity index (χ2n) is 4.81. The zero-order chi connectivity index (χ0) is 13.8. The molecule has 0 spiro atoms. The molecule has 2 unspecified atom stereocenters. The molecular formula is C14H17BrO4. The van der Waals surface area contributed by atoms with Crippen LogP contribution in [0.4, 0.5) is 0 Å². The first kappa shape index (κ1) is 14.3. The summed E-state index contributed by atoms with van der Waals surface area (Å²) in [4.78, 5) is 11.0. The molecule has 1 aliphatic rings. The molecule has 0 saturated heterocycles. The molecule has 0 aromatic heterocycles. The number of ether oxygens (including phenoxy) is 1. The van der Waals surface area contributed by atoms with Crippen LogP contribution in [0.5, 0.6) is 5.75 Å². The van der Waals surface area contributed by atoms with Crippen molar-refractivity contribution in [2.75, 3.05) is 0 Å². The SMILES string of the molecule is O=C(O)c1ccc(Br)c(OC2CCCCCC2O)c1. The molecule has 1 fully saturated rings. The minimum atomic E-state index is -0.987. The third-order valence-electron chi connectivity index (χ3n) is 3.37. The van der Waals surface area contributed by atoms with Gasteiger partial charge in [0.25, 0.3) is 0 Å². The fourth-order valence-corrected chi connectivity index (χ4v) is 2.62. The molecule has 2 rings (SSSR count). The third kappa shape index (κ3) is 3.70. The van der Waals surface area contributed by atoms with E-state index in [9.17, 15) is 9.90 Å². The maximum absolute atomic E-state index is 11.0. The molecular weight excluding hydrogens is 312 g/mol. The topological polar surface area (TPSA) is 66.8 Å². The average molecular weight is 329 g/mol. The minimum absolute atomic E-state index is 0.182. The van der Waals surface area contributed by atoms with Gasteiger partial charge in [-0.2, -0.15) is 0 Å². The van der Waals surface area contributed by atoms with E-state index >= 15 is 0 Å². The van der Waals surface area contributed by atoms with E-state index in [1.807, 2.05) is 0 Å². The highest BCUT2D eigenvalue weighted by Gasteiger charge is 2.24. The van der Waals surface area contributed by atoms with Crippen molar-refractivity contribution in [2.24, 2.45) is 0 Å². The van der Waals surface area contributed by atoms with Crippen molar-refractivity contribution in [1.29, 1.82) is 0 Å². The van der Waals surface area contributed by atoms with Crippen LogP contribution in [0, 0.1) is 0 Å². The Labute approximate surface area is 120 Å². The van der Waals surface area contributed by atoms with Gasteiger partial charge in [-0.1, -0.05) is 12.8 Å². The van der Waals surface area contributed by atoms with Gasteiger partial charge in [-0.25, -0.2) is 4.79 Å². The van der Waals surface area contributed by atoms with E-state index in [-0.39, 0.29) is 11.7 Å². The van der Waals surface area contributed by atoms with Crippen molar-refractivity contribution >= 4 is 21.9 Å². The second kappa shape index (κ2) is 6.39. The molecule has 2 N–H and O–H groups in total. The summed E-state index contributed by atoms with van der Waals surface area (Å²) in [6.45, 7) is 0. The minimum Gasteiger partial charge on any atom is -0.487 e. The van der Waals surface area contributed by atoms with Crippen LogP contribution in [0.25, 0.3) is 0 Å². The number of carboxylic acid groups (broad SMARTS) is 1. The van der Waals surface area contributed by atoms with Crippen LogP contribution >= 0.6 is 15.9 Å². The van der Waals surface area contributed by atoms with E-state index in [1.165, 1.54) is 12.1 Å². The fraction of sp³-hybridized carbons (Fsp3) is 0.500. The Kier molecular flexibility index (Phi) is 4.82. The number of hydrogen-bond donors (Lipinski definition) is 2. The van der Waals surface area contributed by atoms with Crippen molar-refractivity contribution < 1.29 is 19.7 Å². The van der Waals surface area contributed by atoms with E-state index in [2.05, 4.69) is 15.9 Å². The Balaban J connectivity index is 2.16. The van der Waals surface area contributed by atoms with Crippen molar-refractivity contribution in [1.82, 2.24) is 0 Å². The van der Waals surface area contributed by atoms with Crippen molar-refractivity contribution in [3.8, 4) is 5.75 Å². The van der Waals surface area contributed by atoms with Crippen LogP contribution in [0.3, 0.4) is 0 Å². The molecule has 1 aromatic rings. The summed E-state index contributed by atoms with van der Waals surface area (Å²) >= 11 is 3.35. The Hall–Kier alpha value is -1.07. The zero-order valence-electron chi connectivity index (χ0n) is 10.5. The quantitative estimate of drug-likeness (QED) is 0.836. The van der Waals surface area contributed by atoms with Gasteiger partial charge in [-0.15, -0.1) is 0 Å². The number of benzene rings is 1. The average Bonchev–Trinajstić information content (AvgIpc) is 2.57. The lowest BCUT2D eigenvalue weighted by molar-refractivity contribution is 0.0314. The molecule has 1 aromatic carbocycles. The van der Waals surface area contributed by atoms with Gasteiger partial charge in [-0.05, 0) is 53.4 Å². The highest BCUT2D eigenvalue weighted by Crippen LogP contribution is 2.30. The van der Waals surface area contributed by atoms with Crippen LogP contribution in [0.15, 0.2) is 22.7 Å². The smallest absolute Gasteiger partial charge is 0.335 e. The molecule has 104 valence electrons. The lowest BCUT2D eigenvalue weighted by Crippen LogP contribution is -2.30. The van der Waals surface area contributed by atoms with Gasteiger partial charge in [0.05, 0.1) is 16.1 Å². The summed E-state index contributed by atoms with van der Waals surface area (Å²) in [5, 5.41) is 19.0. The molecule has 0 amide bonds. The second-order valence-corrected chi connectivity index (χ2v) is 5.67. The first-order valence-corrected chi connectivity index (χ1v) is 7.25. The van der Waals surface area contributed by atoms with Gasteiger partial charge in [0, 0.05) is 0 Å². The number of rotatable bonds is 3. The van der Waals surface area contributed by atoms with Gasteiger partial charge in [0.1, 0.15) is 11.9 Å². The van der Waals surface area contributed by atoms with Crippen LogP contribution in [-0.2, 0) is 0 Å². The van der Waals surface area contributed by atoms with E-state index in [0.717, 1.165) is 32.1 Å². The van der Waals surface area contributed by atoms with Gasteiger partial charge in [0.15, 0.2) is 0 Å². The summed E-state index contributed by atoms with van der Waals surface area (Å²) in [5.74, 6) is -0.510. The van der Waals surface area contributed by atoms with E-state index in [4.69, 9.17) is 9.84 Å². The highest BCUT2D eigenvalue weighted by molar-refractivity contribution is 9.10. The van der Waals surface area contributed by atoms with E-state index in [0.29, 0.717) is 10.2 Å². The largest absolute Gasteiger partial charge is 0.487 e. The van der Waals surface area contributed by atoms with Gasteiger partial charge < -0.3 is 14.9 Å². The fourth-order valence-electron chi connectivity index (χ4n) is 2.28. The normalized spacial score (nSPS) is 23.7. The molecule has 0 bridgehead atoms. The maximum atomic E-state index is 11.0. The Bertz CT molecular complexity index is 461. The van der Waals surface area contributed by atoms with Crippen molar-refractivity contribution in [2.45, 2.75) is 44.3 Å². The summed E-state index contributed by atoms with van der Waals surface area (Å²) in [7, 11) is 0. The number of aliphatic hydroxyl groups excluding tert-OH is 1. The van der Waals surface area contributed by atoms with Gasteiger partial charge in [-0.3, -0.25) is 0 Å². The first-order chi connectivity index (χ1) is 9.08. The number of aliphatic hydroxyl groups is 1. The van der Waals surface area contributed by atoms with Gasteiger partial charge >= 0.3 is 5.97 Å². The van der Waals surface area contributed by atoms with E-state index < -0.39 is 12.1 Å². The molecule has 5 heteroatoms. The molecule has 0 radical (unpaired) electrons. The number of hydrogen-bond acceptors (Lipinski definition) is 3. The predicted octanol–water partition coefficient (Wildman–Crippen LogP) is 3.22. The molecule has 2 atom stereocenters. The summed E-state index contributed by atoms with van der Waals surface area (Å²) in [6.07, 6.45) is 3.93. The molecule has 4 nitrogen and oxygen atoms in total. The number of carbonyl (C=O) groups is 1. The highest BCUT2D eigenvalue weighted by atomic mass is 79.9. The van der Waals surface area contributed by atoms with Crippen LogP contribution in [-0.4, -0.2) is 28.4 Å². The molecule has 0 heterocycles. The number of halogens is 1. The summed E-state index contributed by atoms with van der Waals surface area (Å²) < 4.78 is 6.51. The maximum Gasteiger partial charge on any atom is 0.335 e. The number of aromatic carboxylic acids is 1. The lowest BCUT2D eigenvalue weighted by atomic mass is 10.1. The molecule has 0 aliphatic heterocycles. The van der Waals surface area contributed by atoms with Crippen molar-refractivity contribution in [3.63, 3.8) is 0 Å². The Morgan fingerprint density at radius 1 is 1.26 bits per heavy atom. The molecule has 19 heavy (non-hydrogen) atoms. The standard InChI is InChI=1S/C14H17BrO4/c15-10-7-6-9(14(17)18)8-13(10)19-12-5-3-1-2-4-11(12)16/h6-8,11-12,16H,1-5H2,(H,17,18). The number of carboxylic acids is 1. The van der Waals surface area contributed by atoms with Crippen LogP contribution < -0.4 is 4.74 Å². The third-order valence-corrected chi connectivity index (χ3v) is 4.03. The van der Waals surface area contributed by atoms with Gasteiger partial charge in [0.2, 0.25) is 0 Å². The van der Waals surface area contributed by atoms with Crippen molar-refractivity contribution in [3.05, 3.63) is 28.2 Å². The Morgan fingerprint density at radius 3 is 2.74 bits per heavy atom. The Morgan fingerprint density at radius 2 is 2.00 bits per heavy atom. The molecule has 1 aliphatic carbocycles. The van der Waals surface area contributed by atoms with Crippen LogP contribution in [0.1, 0.15) is 42.5 Å². The summed E-state index contributed by atoms with van der Waals surface area (Å²) in [5.41, 5.74) is 0.182. The molecule has 1 saturated carbocycles. The monoisotopic (exact) mass is 328 g/mol. The zero-order valence-corrected chi connectivity index (χ0v) is 12.1. The predicted molar refractivity (Wildman–Crippen MR) is 74.6 cm³/mol. The van der Waals surface area contributed by atoms with E-state index in [1.54, 1.807) is 6.07 Å². The summed E-state index contributed by atoms with van der Waals surface area (Å²) in [6, 6.07) is 4.66. The first-order valence-electron chi connectivity index (χ1n) is 6.45. The lowest BCUT2D eigenvalue weighted by Gasteiger charge is -2.22.